The van der Waals surface area contributed by atoms with Crippen LogP contribution in [0.2, 0.25) is 0 Å². The van der Waals surface area contributed by atoms with E-state index in [1.807, 2.05) is 18.5 Å². The third-order valence-electron chi connectivity index (χ3n) is 3.66. The van der Waals surface area contributed by atoms with E-state index in [0.717, 1.165) is 23.9 Å². The lowest BCUT2D eigenvalue weighted by molar-refractivity contribution is 0.536. The molecule has 2 atom stereocenters. The second kappa shape index (κ2) is 3.87. The van der Waals surface area contributed by atoms with Crippen molar-refractivity contribution >= 4 is 11.6 Å². The van der Waals surface area contributed by atoms with Gasteiger partial charge in [-0.05, 0) is 47.6 Å². The van der Waals surface area contributed by atoms with Crippen molar-refractivity contribution in [3.8, 4) is 0 Å². The minimum atomic E-state index is 0.738. The van der Waals surface area contributed by atoms with E-state index >= 15 is 0 Å². The molecule has 1 N–H and O–H groups in total. The zero-order valence-corrected chi connectivity index (χ0v) is 9.32. The fourth-order valence-electron chi connectivity index (χ4n) is 2.74. The maximum atomic E-state index is 4.27. The number of hydrogen-bond acceptors (Lipinski definition) is 2. The molecule has 2 heterocycles. The second-order valence-corrected chi connectivity index (χ2v) is 4.69. The van der Waals surface area contributed by atoms with Crippen molar-refractivity contribution in [3.63, 3.8) is 0 Å². The summed E-state index contributed by atoms with van der Waals surface area (Å²) in [5.74, 6) is 1.55. The van der Waals surface area contributed by atoms with Crippen LogP contribution in [0, 0.1) is 11.8 Å². The van der Waals surface area contributed by atoms with Gasteiger partial charge in [-0.25, -0.2) is 0 Å². The number of fused-ring (bicyclic) bond motifs is 1. The van der Waals surface area contributed by atoms with Crippen LogP contribution in [0.4, 0.5) is 0 Å². The Hall–Kier alpha value is -1.41. The Balaban J connectivity index is 1.90. The summed E-state index contributed by atoms with van der Waals surface area (Å²) in [4.78, 5) is 4.27. The first kappa shape index (κ1) is 9.79. The van der Waals surface area contributed by atoms with Crippen molar-refractivity contribution in [2.45, 2.75) is 6.42 Å². The molecule has 0 aromatic carbocycles. The Labute approximate surface area is 96.1 Å². The van der Waals surface area contributed by atoms with Crippen LogP contribution in [0.15, 0.2) is 31.1 Å². The average molecular weight is 212 g/mol. The number of pyridine rings is 1. The Kier molecular flexibility index (Phi) is 2.37. The Morgan fingerprint density at radius 3 is 3.12 bits per heavy atom. The number of allylic oxidation sites excluding steroid dienone is 1. The molecule has 1 fully saturated rings. The van der Waals surface area contributed by atoms with E-state index < -0.39 is 0 Å². The van der Waals surface area contributed by atoms with E-state index in [0.29, 0.717) is 0 Å². The van der Waals surface area contributed by atoms with E-state index in [1.54, 1.807) is 0 Å². The molecule has 1 aromatic rings. The zero-order valence-electron chi connectivity index (χ0n) is 9.32. The van der Waals surface area contributed by atoms with Crippen molar-refractivity contribution in [1.82, 2.24) is 10.3 Å². The highest BCUT2D eigenvalue weighted by atomic mass is 14.9. The van der Waals surface area contributed by atoms with Gasteiger partial charge in [-0.2, -0.15) is 0 Å². The van der Waals surface area contributed by atoms with Crippen LogP contribution in [0.1, 0.15) is 17.5 Å². The van der Waals surface area contributed by atoms with Gasteiger partial charge in [0.25, 0.3) is 0 Å². The molecule has 82 valence electrons. The lowest BCUT2D eigenvalue weighted by atomic mass is 9.98. The smallest absolute Gasteiger partial charge is 0.0343 e. The maximum Gasteiger partial charge on any atom is 0.0343 e. The molecule has 3 rings (SSSR count). The maximum absolute atomic E-state index is 4.27. The number of rotatable bonds is 2. The Morgan fingerprint density at radius 1 is 1.38 bits per heavy atom. The van der Waals surface area contributed by atoms with E-state index in [2.05, 4.69) is 29.0 Å². The van der Waals surface area contributed by atoms with Crippen molar-refractivity contribution in [1.29, 1.82) is 0 Å². The van der Waals surface area contributed by atoms with E-state index in [4.69, 9.17) is 0 Å². The molecule has 16 heavy (non-hydrogen) atoms. The van der Waals surface area contributed by atoms with Crippen LogP contribution in [0.3, 0.4) is 0 Å². The van der Waals surface area contributed by atoms with Gasteiger partial charge in [0.15, 0.2) is 0 Å². The second-order valence-electron chi connectivity index (χ2n) is 4.69. The summed E-state index contributed by atoms with van der Waals surface area (Å²) in [6.07, 6.45) is 9.30. The molecule has 0 radical (unpaired) electrons. The lowest BCUT2D eigenvalue weighted by Crippen LogP contribution is -2.09. The first-order valence-corrected chi connectivity index (χ1v) is 5.86. The third kappa shape index (κ3) is 1.59. The molecular weight excluding hydrogens is 196 g/mol. The van der Waals surface area contributed by atoms with Crippen molar-refractivity contribution in [2.24, 2.45) is 11.8 Å². The van der Waals surface area contributed by atoms with Crippen LogP contribution in [-0.4, -0.2) is 18.1 Å². The average Bonchev–Trinajstić information content (AvgIpc) is 2.89. The molecule has 2 nitrogen and oxygen atoms in total. The molecule has 1 aromatic heterocycles. The van der Waals surface area contributed by atoms with Gasteiger partial charge in [0, 0.05) is 18.9 Å². The fraction of sp³-hybridized carbons (Fsp3) is 0.357. The van der Waals surface area contributed by atoms with Crippen LogP contribution in [0.25, 0.3) is 11.6 Å². The van der Waals surface area contributed by atoms with Gasteiger partial charge in [-0.15, -0.1) is 0 Å². The van der Waals surface area contributed by atoms with Gasteiger partial charge in [-0.1, -0.05) is 18.7 Å². The fourth-order valence-corrected chi connectivity index (χ4v) is 2.74. The summed E-state index contributed by atoms with van der Waals surface area (Å²) in [5.41, 5.74) is 3.84. The zero-order chi connectivity index (χ0) is 11.0. The number of hydrogen-bond donors (Lipinski definition) is 1. The highest BCUT2D eigenvalue weighted by molar-refractivity contribution is 5.69. The van der Waals surface area contributed by atoms with E-state index in [9.17, 15) is 0 Å². The first-order valence-electron chi connectivity index (χ1n) is 5.86. The molecule has 2 heteroatoms. The predicted molar refractivity (Wildman–Crippen MR) is 66.8 cm³/mol. The molecule has 2 aliphatic rings. The third-order valence-corrected chi connectivity index (χ3v) is 3.66. The summed E-state index contributed by atoms with van der Waals surface area (Å²) in [7, 11) is 0. The topological polar surface area (TPSA) is 24.9 Å². The van der Waals surface area contributed by atoms with Crippen molar-refractivity contribution in [3.05, 3.63) is 42.2 Å². The monoisotopic (exact) mass is 212 g/mol. The van der Waals surface area contributed by atoms with Gasteiger partial charge in [-0.3, -0.25) is 4.98 Å². The summed E-state index contributed by atoms with van der Waals surface area (Å²) in [6, 6.07) is 2.18. The van der Waals surface area contributed by atoms with Gasteiger partial charge < -0.3 is 5.32 Å². The van der Waals surface area contributed by atoms with Crippen LogP contribution in [-0.2, 0) is 0 Å². The number of aromatic nitrogens is 1. The van der Waals surface area contributed by atoms with Crippen LogP contribution < -0.4 is 5.32 Å². The van der Waals surface area contributed by atoms with Crippen molar-refractivity contribution in [2.75, 3.05) is 13.1 Å². The molecule has 0 saturated carbocycles. The molecule has 1 aliphatic carbocycles. The Morgan fingerprint density at radius 2 is 2.31 bits per heavy atom. The first-order chi connectivity index (χ1) is 7.86. The Bertz CT molecular complexity index is 448. The molecule has 1 saturated heterocycles. The van der Waals surface area contributed by atoms with Crippen LogP contribution in [0.5, 0.6) is 0 Å². The van der Waals surface area contributed by atoms with Crippen LogP contribution >= 0.6 is 0 Å². The minimum absolute atomic E-state index is 0.738. The summed E-state index contributed by atoms with van der Waals surface area (Å²) < 4.78 is 0. The van der Waals surface area contributed by atoms with Gasteiger partial charge >= 0.3 is 0 Å². The number of nitrogens with one attached hydrogen (secondary N) is 1. The molecule has 0 bridgehead atoms. The summed E-state index contributed by atoms with van der Waals surface area (Å²) in [6.45, 7) is 6.09. The lowest BCUT2D eigenvalue weighted by Gasteiger charge is -2.06. The standard InChI is InChI=1S/C14H16N2/c1-2-10-3-12(7-15-6-10)11-4-13-8-16-9-14(13)5-11/h2-4,6-7,13-14,16H,1,5,8-9H2/t13-,14+/m0/s1. The normalized spacial score (nSPS) is 27.6. The van der Waals surface area contributed by atoms with E-state index in [-0.39, 0.29) is 0 Å². The minimum Gasteiger partial charge on any atom is -0.316 e. The van der Waals surface area contributed by atoms with E-state index in [1.165, 1.54) is 24.1 Å². The summed E-state index contributed by atoms with van der Waals surface area (Å²) in [5, 5.41) is 3.44. The molecule has 0 spiro atoms. The summed E-state index contributed by atoms with van der Waals surface area (Å²) >= 11 is 0. The van der Waals surface area contributed by atoms with Gasteiger partial charge in [0.05, 0.1) is 0 Å². The van der Waals surface area contributed by atoms with Gasteiger partial charge in [0.1, 0.15) is 0 Å². The van der Waals surface area contributed by atoms with Crippen molar-refractivity contribution < 1.29 is 0 Å². The number of nitrogens with zero attached hydrogens (tertiary/aromatic N) is 1. The molecule has 0 amide bonds. The molecule has 1 aliphatic heterocycles. The van der Waals surface area contributed by atoms with Gasteiger partial charge in [0.2, 0.25) is 0 Å². The highest BCUT2D eigenvalue weighted by Crippen LogP contribution is 2.38. The SMILES string of the molecule is C=Cc1cncc(C2=C[C@H]3CNC[C@H]3C2)c1. The largest absolute Gasteiger partial charge is 0.316 e. The highest BCUT2D eigenvalue weighted by Gasteiger charge is 2.31. The quantitative estimate of drug-likeness (QED) is 0.814. The predicted octanol–water partition coefficient (Wildman–Crippen LogP) is 2.35. The molecular formula is C14H16N2. The molecule has 0 unspecified atom stereocenters.